The van der Waals surface area contributed by atoms with Gasteiger partial charge < -0.3 is 5.73 Å². The molecule has 0 aliphatic carbocycles. The van der Waals surface area contributed by atoms with Crippen molar-refractivity contribution in [1.29, 1.82) is 0 Å². The smallest absolute Gasteiger partial charge is 0.0452 e. The number of nitrogens with zero attached hydrogens (tertiary/aromatic N) is 1. The summed E-state index contributed by atoms with van der Waals surface area (Å²) < 4.78 is 0. The van der Waals surface area contributed by atoms with Crippen LogP contribution in [0.25, 0.3) is 0 Å². The van der Waals surface area contributed by atoms with Crippen molar-refractivity contribution in [2.24, 2.45) is 0 Å². The van der Waals surface area contributed by atoms with Crippen molar-refractivity contribution in [2.75, 3.05) is 12.8 Å². The van der Waals surface area contributed by atoms with Gasteiger partial charge in [-0.3, -0.25) is 4.90 Å². The molecule has 0 aliphatic heterocycles. The Labute approximate surface area is 103 Å². The molecule has 1 aromatic carbocycles. The largest absolute Gasteiger partial charge is 0.399 e. The van der Waals surface area contributed by atoms with Gasteiger partial charge in [-0.1, -0.05) is 18.5 Å². The van der Waals surface area contributed by atoms with Gasteiger partial charge in [-0.05, 0) is 51.1 Å². The van der Waals surface area contributed by atoms with Crippen LogP contribution in [-0.4, -0.2) is 17.5 Å². The van der Waals surface area contributed by atoms with Gasteiger partial charge in [0.2, 0.25) is 0 Å². The minimum absolute atomic E-state index is 0.175. The molecule has 2 N–H and O–H groups in total. The Morgan fingerprint density at radius 2 is 2.00 bits per heavy atom. The minimum atomic E-state index is 0.175. The first kappa shape index (κ1) is 13.3. The third kappa shape index (κ3) is 3.13. The highest BCUT2D eigenvalue weighted by molar-refractivity contribution is 6.31. The summed E-state index contributed by atoms with van der Waals surface area (Å²) in [6.45, 7) is 7.47. The Morgan fingerprint density at radius 3 is 2.56 bits per heavy atom. The summed E-state index contributed by atoms with van der Waals surface area (Å²) in [4.78, 5) is 2.30. The lowest BCUT2D eigenvalue weighted by molar-refractivity contribution is 0.143. The highest BCUT2D eigenvalue weighted by Gasteiger charge is 2.21. The summed E-state index contributed by atoms with van der Waals surface area (Å²) in [7, 11) is 2.11. The van der Waals surface area contributed by atoms with E-state index >= 15 is 0 Å². The number of benzene rings is 1. The zero-order chi connectivity index (χ0) is 12.3. The van der Waals surface area contributed by atoms with Gasteiger partial charge in [-0.15, -0.1) is 0 Å². The summed E-state index contributed by atoms with van der Waals surface area (Å²) in [5.74, 6) is 0. The molecule has 16 heavy (non-hydrogen) atoms. The summed E-state index contributed by atoms with van der Waals surface area (Å²) in [5.41, 5.74) is 7.80. The molecule has 2 nitrogen and oxygen atoms in total. The quantitative estimate of drug-likeness (QED) is 0.816. The molecule has 0 amide bonds. The van der Waals surface area contributed by atoms with E-state index in [1.807, 2.05) is 18.2 Å². The van der Waals surface area contributed by atoms with Crippen molar-refractivity contribution in [3.05, 3.63) is 28.8 Å². The van der Waals surface area contributed by atoms with Crippen molar-refractivity contribution in [2.45, 2.75) is 39.3 Å². The van der Waals surface area contributed by atoms with Gasteiger partial charge in [0.05, 0.1) is 0 Å². The number of nitrogen functional groups attached to an aromatic ring is 1. The predicted molar refractivity (Wildman–Crippen MR) is 71.7 cm³/mol. The summed E-state index contributed by atoms with van der Waals surface area (Å²) in [5, 5.41) is 0.785. The van der Waals surface area contributed by atoms with Gasteiger partial charge in [-0.25, -0.2) is 0 Å². The van der Waals surface area contributed by atoms with E-state index < -0.39 is 0 Å². The third-order valence-electron chi connectivity index (χ3n) is 3.38. The molecule has 0 bridgehead atoms. The lowest BCUT2D eigenvalue weighted by Crippen LogP contribution is -2.39. The maximum atomic E-state index is 6.15. The first-order valence-electron chi connectivity index (χ1n) is 5.62. The van der Waals surface area contributed by atoms with E-state index in [0.29, 0.717) is 0 Å². The van der Waals surface area contributed by atoms with Crippen LogP contribution in [0.4, 0.5) is 5.69 Å². The van der Waals surface area contributed by atoms with E-state index in [2.05, 4.69) is 32.7 Å². The minimum Gasteiger partial charge on any atom is -0.399 e. The van der Waals surface area contributed by atoms with Crippen LogP contribution in [0, 0.1) is 0 Å². The molecule has 1 aromatic rings. The number of halogens is 1. The average molecular weight is 241 g/mol. The van der Waals surface area contributed by atoms with Crippen molar-refractivity contribution >= 4 is 17.3 Å². The Hall–Kier alpha value is -0.730. The first-order chi connectivity index (χ1) is 7.36. The molecule has 1 rings (SSSR count). The molecule has 0 spiro atoms. The van der Waals surface area contributed by atoms with Gasteiger partial charge in [0.25, 0.3) is 0 Å². The van der Waals surface area contributed by atoms with Crippen molar-refractivity contribution in [3.8, 4) is 0 Å². The second kappa shape index (κ2) is 5.07. The van der Waals surface area contributed by atoms with E-state index in [1.165, 1.54) is 0 Å². The van der Waals surface area contributed by atoms with Crippen LogP contribution in [0.3, 0.4) is 0 Å². The van der Waals surface area contributed by atoms with Crippen LogP contribution in [0.5, 0.6) is 0 Å². The molecule has 0 aromatic heterocycles. The molecule has 0 heterocycles. The van der Waals surface area contributed by atoms with Crippen molar-refractivity contribution in [3.63, 3.8) is 0 Å². The summed E-state index contributed by atoms with van der Waals surface area (Å²) in [6, 6.07) is 5.64. The van der Waals surface area contributed by atoms with Crippen LogP contribution in [0.15, 0.2) is 18.2 Å². The number of anilines is 1. The number of hydrogen-bond acceptors (Lipinski definition) is 2. The van der Waals surface area contributed by atoms with E-state index in [4.69, 9.17) is 17.3 Å². The zero-order valence-corrected chi connectivity index (χ0v) is 11.3. The molecule has 0 atom stereocenters. The summed E-state index contributed by atoms with van der Waals surface area (Å²) in [6.07, 6.45) is 1.10. The first-order valence-corrected chi connectivity index (χ1v) is 5.99. The summed E-state index contributed by atoms with van der Waals surface area (Å²) >= 11 is 6.15. The van der Waals surface area contributed by atoms with Crippen molar-refractivity contribution in [1.82, 2.24) is 4.90 Å². The van der Waals surface area contributed by atoms with Gasteiger partial charge in [0.1, 0.15) is 0 Å². The van der Waals surface area contributed by atoms with E-state index in [0.717, 1.165) is 29.2 Å². The fourth-order valence-corrected chi connectivity index (χ4v) is 1.63. The molecule has 0 saturated carbocycles. The fraction of sp³-hybridized carbons (Fsp3) is 0.538. The van der Waals surface area contributed by atoms with Gasteiger partial charge in [0, 0.05) is 22.8 Å². The molecule has 0 radical (unpaired) electrons. The fourth-order valence-electron chi connectivity index (χ4n) is 1.46. The molecule has 90 valence electrons. The van der Waals surface area contributed by atoms with Crippen LogP contribution in [0.2, 0.25) is 5.02 Å². The Bertz CT molecular complexity index is 361. The Morgan fingerprint density at radius 1 is 1.38 bits per heavy atom. The highest BCUT2D eigenvalue weighted by atomic mass is 35.5. The maximum Gasteiger partial charge on any atom is 0.0452 e. The second-order valence-electron chi connectivity index (χ2n) is 4.87. The number of hydrogen-bond donors (Lipinski definition) is 1. The topological polar surface area (TPSA) is 29.3 Å². The molecule has 0 aliphatic rings. The Balaban J connectivity index is 2.84. The van der Waals surface area contributed by atoms with Crippen molar-refractivity contribution < 1.29 is 0 Å². The van der Waals surface area contributed by atoms with Gasteiger partial charge >= 0.3 is 0 Å². The molecular weight excluding hydrogens is 220 g/mol. The van der Waals surface area contributed by atoms with Crippen LogP contribution < -0.4 is 5.73 Å². The normalized spacial score (nSPS) is 12.1. The predicted octanol–water partition coefficient (Wildman–Crippen LogP) is 3.54. The van der Waals surface area contributed by atoms with Crippen LogP contribution in [0.1, 0.15) is 32.8 Å². The van der Waals surface area contributed by atoms with Gasteiger partial charge in [-0.2, -0.15) is 0 Å². The molecular formula is C13H21ClN2. The standard InChI is InChI=1S/C13H21ClN2/c1-5-13(2,3)16(4)9-10-8-11(15)6-7-12(10)14/h6-8H,5,9,15H2,1-4H3. The molecule has 0 fully saturated rings. The third-order valence-corrected chi connectivity index (χ3v) is 3.74. The lowest BCUT2D eigenvalue weighted by Gasteiger charge is -2.35. The molecule has 0 unspecified atom stereocenters. The molecule has 3 heteroatoms. The van der Waals surface area contributed by atoms with Crippen LogP contribution >= 0.6 is 11.6 Å². The average Bonchev–Trinajstić information content (AvgIpc) is 2.23. The number of rotatable bonds is 4. The lowest BCUT2D eigenvalue weighted by atomic mass is 9.99. The highest BCUT2D eigenvalue weighted by Crippen LogP contribution is 2.24. The second-order valence-corrected chi connectivity index (χ2v) is 5.28. The molecule has 0 saturated heterocycles. The van der Waals surface area contributed by atoms with E-state index in [1.54, 1.807) is 0 Å². The van der Waals surface area contributed by atoms with E-state index in [9.17, 15) is 0 Å². The number of nitrogens with two attached hydrogens (primary N) is 1. The SMILES string of the molecule is CCC(C)(C)N(C)Cc1cc(N)ccc1Cl. The maximum absolute atomic E-state index is 6.15. The Kier molecular flexibility index (Phi) is 4.22. The van der Waals surface area contributed by atoms with Crippen LogP contribution in [-0.2, 0) is 6.54 Å². The van der Waals surface area contributed by atoms with E-state index in [-0.39, 0.29) is 5.54 Å². The monoisotopic (exact) mass is 240 g/mol. The zero-order valence-electron chi connectivity index (χ0n) is 10.5. The van der Waals surface area contributed by atoms with Gasteiger partial charge in [0.15, 0.2) is 0 Å².